The third kappa shape index (κ3) is 5.25. The Morgan fingerprint density at radius 1 is 1.31 bits per heavy atom. The van der Waals surface area contributed by atoms with Gasteiger partial charge in [0.25, 0.3) is 5.91 Å². The van der Waals surface area contributed by atoms with Crippen molar-refractivity contribution < 1.29 is 14.3 Å². The van der Waals surface area contributed by atoms with Crippen LogP contribution in [0.5, 0.6) is 5.75 Å². The maximum atomic E-state index is 12.4. The number of aromatic nitrogens is 1. The summed E-state index contributed by atoms with van der Waals surface area (Å²) in [7, 11) is 5.39. The summed E-state index contributed by atoms with van der Waals surface area (Å²) < 4.78 is 5.83. The van der Waals surface area contributed by atoms with Crippen molar-refractivity contribution in [1.29, 1.82) is 0 Å². The van der Waals surface area contributed by atoms with Gasteiger partial charge >= 0.3 is 0 Å². The Kier molecular flexibility index (Phi) is 6.69. The molecule has 1 aliphatic rings. The van der Waals surface area contributed by atoms with Crippen molar-refractivity contribution in [2.75, 3.05) is 39.2 Å². The molecule has 1 aromatic heterocycles. The molecular weight excluding hydrogens is 368 g/mol. The highest BCUT2D eigenvalue weighted by Crippen LogP contribution is 2.34. The van der Waals surface area contributed by atoms with E-state index in [4.69, 9.17) is 4.74 Å². The lowest BCUT2D eigenvalue weighted by atomic mass is 10.1. The number of anilines is 1. The topological polar surface area (TPSA) is 74.8 Å². The monoisotopic (exact) mass is 396 g/mol. The van der Waals surface area contributed by atoms with E-state index < -0.39 is 0 Å². The second-order valence-corrected chi connectivity index (χ2v) is 7.48. The van der Waals surface area contributed by atoms with Gasteiger partial charge in [0, 0.05) is 45.6 Å². The summed E-state index contributed by atoms with van der Waals surface area (Å²) in [5, 5.41) is 2.99. The van der Waals surface area contributed by atoms with E-state index in [0.29, 0.717) is 25.1 Å². The third-order valence-corrected chi connectivity index (χ3v) is 5.08. The van der Waals surface area contributed by atoms with E-state index in [1.54, 1.807) is 31.3 Å². The minimum absolute atomic E-state index is 0.000564. The van der Waals surface area contributed by atoms with Crippen molar-refractivity contribution in [3.05, 3.63) is 53.9 Å². The molecule has 1 aromatic carbocycles. The molecule has 1 aliphatic heterocycles. The fourth-order valence-electron chi connectivity index (χ4n) is 3.35. The second-order valence-electron chi connectivity index (χ2n) is 7.48. The smallest absolute Gasteiger partial charge is 0.253 e. The summed E-state index contributed by atoms with van der Waals surface area (Å²) in [6.07, 6.45) is 5.70. The first kappa shape index (κ1) is 20.6. The number of pyridine rings is 1. The molecule has 2 heterocycles. The Labute approximate surface area is 171 Å². The molecular formula is C22H28N4O3. The van der Waals surface area contributed by atoms with Gasteiger partial charge in [-0.2, -0.15) is 0 Å². The van der Waals surface area contributed by atoms with E-state index in [9.17, 15) is 9.59 Å². The zero-order valence-electron chi connectivity index (χ0n) is 17.2. The van der Waals surface area contributed by atoms with Gasteiger partial charge in [0.2, 0.25) is 5.91 Å². The number of carbonyl (C=O) groups is 2. The number of fused-ring (bicyclic) bond motifs is 1. The van der Waals surface area contributed by atoms with Crippen molar-refractivity contribution in [2.24, 2.45) is 0 Å². The summed E-state index contributed by atoms with van der Waals surface area (Å²) in [5.41, 5.74) is 2.60. The molecule has 29 heavy (non-hydrogen) atoms. The van der Waals surface area contributed by atoms with Gasteiger partial charge < -0.3 is 19.9 Å². The van der Waals surface area contributed by atoms with E-state index >= 15 is 0 Å². The Bertz CT molecular complexity index is 854. The number of hydrogen-bond acceptors (Lipinski definition) is 5. The number of benzene rings is 1. The van der Waals surface area contributed by atoms with Crippen LogP contribution in [0.3, 0.4) is 0 Å². The quantitative estimate of drug-likeness (QED) is 0.726. The fourth-order valence-corrected chi connectivity index (χ4v) is 3.35. The van der Waals surface area contributed by atoms with Crippen LogP contribution in [-0.4, -0.2) is 62.0 Å². The molecule has 7 heteroatoms. The van der Waals surface area contributed by atoms with E-state index in [2.05, 4.69) is 10.3 Å². The molecule has 0 radical (unpaired) electrons. The number of hydrogen-bond donors (Lipinski definition) is 1. The molecule has 1 atom stereocenters. The van der Waals surface area contributed by atoms with Crippen molar-refractivity contribution in [3.8, 4) is 5.75 Å². The van der Waals surface area contributed by atoms with Crippen LogP contribution in [0.1, 0.15) is 28.8 Å². The SMILES string of the molecule is CN(C)C(=O)c1ccc2c(c1)N(C)[C@H](CC(=O)NCCCc1cccnc1)CO2. The molecule has 0 spiro atoms. The average Bonchev–Trinajstić information content (AvgIpc) is 2.73. The van der Waals surface area contributed by atoms with Crippen molar-refractivity contribution in [2.45, 2.75) is 25.3 Å². The molecule has 0 bridgehead atoms. The summed E-state index contributed by atoms with van der Waals surface area (Å²) >= 11 is 0. The highest BCUT2D eigenvalue weighted by Gasteiger charge is 2.27. The second kappa shape index (κ2) is 9.41. The summed E-state index contributed by atoms with van der Waals surface area (Å²) in [6, 6.07) is 9.29. The van der Waals surface area contributed by atoms with Crippen LogP contribution in [-0.2, 0) is 11.2 Å². The number of ether oxygens (including phenoxy) is 1. The molecule has 154 valence electrons. The van der Waals surface area contributed by atoms with E-state index in [0.717, 1.165) is 24.3 Å². The minimum Gasteiger partial charge on any atom is -0.489 e. The molecule has 2 amide bonds. The number of likely N-dealkylation sites (N-methyl/N-ethyl adjacent to an activating group) is 1. The molecule has 7 nitrogen and oxygen atoms in total. The number of rotatable bonds is 7. The zero-order valence-corrected chi connectivity index (χ0v) is 17.2. The summed E-state index contributed by atoms with van der Waals surface area (Å²) in [4.78, 5) is 32.3. The lowest BCUT2D eigenvalue weighted by Gasteiger charge is -2.35. The maximum absolute atomic E-state index is 12.4. The maximum Gasteiger partial charge on any atom is 0.253 e. The van der Waals surface area contributed by atoms with Gasteiger partial charge in [-0.05, 0) is 42.7 Å². The number of amides is 2. The molecule has 0 fully saturated rings. The first-order valence-electron chi connectivity index (χ1n) is 9.82. The van der Waals surface area contributed by atoms with E-state index in [1.807, 2.05) is 42.4 Å². The van der Waals surface area contributed by atoms with Crippen molar-refractivity contribution >= 4 is 17.5 Å². The molecule has 0 saturated heterocycles. The van der Waals surface area contributed by atoms with Crippen molar-refractivity contribution in [3.63, 3.8) is 0 Å². The van der Waals surface area contributed by atoms with Crippen molar-refractivity contribution in [1.82, 2.24) is 15.2 Å². The third-order valence-electron chi connectivity index (χ3n) is 5.08. The first-order chi connectivity index (χ1) is 14.0. The predicted octanol–water partition coefficient (Wildman–Crippen LogP) is 2.12. The molecule has 1 N–H and O–H groups in total. The Morgan fingerprint density at radius 2 is 2.14 bits per heavy atom. The van der Waals surface area contributed by atoms with Gasteiger partial charge in [0.15, 0.2) is 0 Å². The largest absolute Gasteiger partial charge is 0.489 e. The van der Waals surface area contributed by atoms with E-state index in [1.165, 1.54) is 5.56 Å². The highest BCUT2D eigenvalue weighted by molar-refractivity contribution is 5.95. The number of nitrogens with one attached hydrogen (secondary N) is 1. The first-order valence-corrected chi connectivity index (χ1v) is 9.82. The normalized spacial score (nSPS) is 15.3. The van der Waals surface area contributed by atoms with Crippen LogP contribution >= 0.6 is 0 Å². The Balaban J connectivity index is 1.52. The van der Waals surface area contributed by atoms with Gasteiger partial charge in [-0.15, -0.1) is 0 Å². The number of nitrogens with zero attached hydrogens (tertiary/aromatic N) is 3. The standard InChI is InChI=1S/C22H28N4O3/c1-25(2)22(28)17-8-9-20-19(12-17)26(3)18(15-29-20)13-21(27)24-11-5-7-16-6-4-10-23-14-16/h4,6,8-10,12,14,18H,5,7,11,13,15H2,1-3H3,(H,24,27)/t18-/m1/s1. The minimum atomic E-state index is -0.0782. The average molecular weight is 396 g/mol. The Hall–Kier alpha value is -3.09. The predicted molar refractivity (Wildman–Crippen MR) is 112 cm³/mol. The van der Waals surface area contributed by atoms with Crippen LogP contribution in [0.2, 0.25) is 0 Å². The molecule has 0 unspecified atom stereocenters. The van der Waals surface area contributed by atoms with Gasteiger partial charge in [-0.25, -0.2) is 0 Å². The molecule has 3 rings (SSSR count). The summed E-state index contributed by atoms with van der Waals surface area (Å²) in [6.45, 7) is 1.07. The van der Waals surface area contributed by atoms with Gasteiger partial charge in [-0.1, -0.05) is 6.07 Å². The lowest BCUT2D eigenvalue weighted by molar-refractivity contribution is -0.121. The molecule has 0 saturated carbocycles. The van der Waals surface area contributed by atoms with Crippen LogP contribution in [0.4, 0.5) is 5.69 Å². The van der Waals surface area contributed by atoms with Crippen LogP contribution in [0.25, 0.3) is 0 Å². The highest BCUT2D eigenvalue weighted by atomic mass is 16.5. The van der Waals surface area contributed by atoms with Gasteiger partial charge in [0.1, 0.15) is 12.4 Å². The molecule has 2 aromatic rings. The number of aryl methyl sites for hydroxylation is 1. The molecule has 0 aliphatic carbocycles. The zero-order chi connectivity index (χ0) is 20.8. The van der Waals surface area contributed by atoms with Crippen LogP contribution in [0.15, 0.2) is 42.7 Å². The van der Waals surface area contributed by atoms with Gasteiger partial charge in [0.05, 0.1) is 18.2 Å². The van der Waals surface area contributed by atoms with Crippen LogP contribution < -0.4 is 15.0 Å². The summed E-state index contributed by atoms with van der Waals surface area (Å²) in [5.74, 6) is 0.672. The van der Waals surface area contributed by atoms with Gasteiger partial charge in [-0.3, -0.25) is 14.6 Å². The number of carbonyl (C=O) groups excluding carboxylic acids is 2. The Morgan fingerprint density at radius 3 is 2.86 bits per heavy atom. The van der Waals surface area contributed by atoms with Crippen LogP contribution in [0, 0.1) is 0 Å². The lowest BCUT2D eigenvalue weighted by Crippen LogP contribution is -2.44. The fraction of sp³-hybridized carbons (Fsp3) is 0.409. The van der Waals surface area contributed by atoms with E-state index in [-0.39, 0.29) is 17.9 Å².